The van der Waals surface area contributed by atoms with Gasteiger partial charge in [-0.05, 0) is 10.4 Å². The van der Waals surface area contributed by atoms with E-state index in [1.54, 1.807) is 4.68 Å². The van der Waals surface area contributed by atoms with Crippen LogP contribution in [0.4, 0.5) is 11.9 Å². The lowest BCUT2D eigenvalue weighted by molar-refractivity contribution is 0.557. The minimum atomic E-state index is 0.0969. The van der Waals surface area contributed by atoms with Crippen LogP contribution in [0, 0.1) is 0 Å². The maximum absolute atomic E-state index is 5.47. The van der Waals surface area contributed by atoms with E-state index in [-0.39, 0.29) is 11.9 Å². The van der Waals surface area contributed by atoms with Crippen molar-refractivity contribution in [3.8, 4) is 0 Å². The predicted octanol–water partition coefficient (Wildman–Crippen LogP) is -1.73. The Bertz CT molecular complexity index is 504. The molecule has 96 valence electrons. The number of thioether (sulfide) groups is 1. The Morgan fingerprint density at radius 1 is 1.11 bits per heavy atom. The molecule has 2 aromatic heterocycles. The summed E-state index contributed by atoms with van der Waals surface area (Å²) in [7, 11) is 0. The zero-order valence-corrected chi connectivity index (χ0v) is 10.2. The summed E-state index contributed by atoms with van der Waals surface area (Å²) in [6.07, 6.45) is 0. The molecule has 0 fully saturated rings. The van der Waals surface area contributed by atoms with Crippen molar-refractivity contribution in [2.24, 2.45) is 5.73 Å². The monoisotopic (exact) mass is 268 g/mol. The van der Waals surface area contributed by atoms with E-state index >= 15 is 0 Å². The summed E-state index contributed by atoms with van der Waals surface area (Å²) >= 11 is 1.37. The van der Waals surface area contributed by atoms with Gasteiger partial charge in [-0.2, -0.15) is 15.0 Å². The highest BCUT2D eigenvalue weighted by atomic mass is 32.2. The van der Waals surface area contributed by atoms with Gasteiger partial charge in [0.25, 0.3) is 0 Å². The molecule has 2 heterocycles. The van der Waals surface area contributed by atoms with Crippen LogP contribution in [-0.4, -0.2) is 41.7 Å². The van der Waals surface area contributed by atoms with Crippen molar-refractivity contribution in [2.75, 3.05) is 18.0 Å². The molecule has 0 aliphatic rings. The molecule has 0 bridgehead atoms. The van der Waals surface area contributed by atoms with Crippen LogP contribution in [0.25, 0.3) is 0 Å². The topological polar surface area (TPSA) is 160 Å². The molecule has 2 rings (SSSR count). The molecular weight excluding hydrogens is 256 g/mol. The zero-order valence-electron chi connectivity index (χ0n) is 9.39. The Labute approximate surface area is 106 Å². The fourth-order valence-corrected chi connectivity index (χ4v) is 1.97. The molecule has 10 nitrogen and oxygen atoms in total. The average Bonchev–Trinajstić information content (AvgIpc) is 2.73. The molecule has 0 saturated carbocycles. The second-order valence-electron chi connectivity index (χ2n) is 3.23. The Balaban J connectivity index is 2.04. The van der Waals surface area contributed by atoms with Gasteiger partial charge in [-0.3, -0.25) is 0 Å². The van der Waals surface area contributed by atoms with E-state index in [0.29, 0.717) is 29.8 Å². The van der Waals surface area contributed by atoms with Gasteiger partial charge in [0.05, 0.1) is 12.3 Å². The molecular formula is C7H12N10S. The minimum absolute atomic E-state index is 0.0969. The number of aromatic nitrogens is 7. The lowest BCUT2D eigenvalue weighted by Crippen LogP contribution is -2.12. The van der Waals surface area contributed by atoms with Crippen LogP contribution in [0.5, 0.6) is 0 Å². The van der Waals surface area contributed by atoms with Crippen molar-refractivity contribution in [1.82, 2.24) is 35.2 Å². The molecule has 0 spiro atoms. The fraction of sp³-hybridized carbons (Fsp3) is 0.429. The third kappa shape index (κ3) is 3.01. The molecule has 18 heavy (non-hydrogen) atoms. The lowest BCUT2D eigenvalue weighted by Gasteiger charge is -2.02. The summed E-state index contributed by atoms with van der Waals surface area (Å²) in [6, 6.07) is 0. The lowest BCUT2D eigenvalue weighted by atomic mass is 10.7. The summed E-state index contributed by atoms with van der Waals surface area (Å²) in [6.45, 7) is 1.01. The Kier molecular flexibility index (Phi) is 3.84. The number of anilines is 2. The van der Waals surface area contributed by atoms with Crippen LogP contribution in [0.1, 0.15) is 5.82 Å². The first kappa shape index (κ1) is 12.4. The van der Waals surface area contributed by atoms with Crippen molar-refractivity contribution in [2.45, 2.75) is 17.5 Å². The van der Waals surface area contributed by atoms with Crippen molar-refractivity contribution >= 4 is 23.7 Å². The molecule has 2 aromatic rings. The molecule has 0 saturated heterocycles. The molecule has 0 radical (unpaired) electrons. The summed E-state index contributed by atoms with van der Waals surface area (Å²) in [4.78, 5) is 11.6. The van der Waals surface area contributed by atoms with Gasteiger partial charge in [-0.25, -0.2) is 4.68 Å². The zero-order chi connectivity index (χ0) is 13.0. The van der Waals surface area contributed by atoms with Gasteiger partial charge in [-0.1, -0.05) is 11.8 Å². The quantitative estimate of drug-likeness (QED) is 0.531. The smallest absolute Gasteiger partial charge is 0.225 e. The summed E-state index contributed by atoms with van der Waals surface area (Å²) in [5, 5.41) is 11.9. The van der Waals surface area contributed by atoms with E-state index in [0.717, 1.165) is 0 Å². The van der Waals surface area contributed by atoms with Gasteiger partial charge in [0.15, 0.2) is 0 Å². The van der Waals surface area contributed by atoms with E-state index in [9.17, 15) is 0 Å². The third-order valence-corrected chi connectivity index (χ3v) is 2.84. The standard InChI is InChI=1S/C7H12N10S/c8-1-2-17-7(14-15-16-17)18-3-4-11-5(9)13-6(10)12-4/h1-3,8H2,(H4,9,10,11,12,13). The first-order chi connectivity index (χ1) is 8.69. The van der Waals surface area contributed by atoms with Crippen LogP contribution in [0.15, 0.2) is 5.16 Å². The van der Waals surface area contributed by atoms with Crippen molar-refractivity contribution in [3.05, 3.63) is 5.82 Å². The summed E-state index contributed by atoms with van der Waals surface area (Å²) < 4.78 is 1.61. The Morgan fingerprint density at radius 3 is 2.50 bits per heavy atom. The van der Waals surface area contributed by atoms with Crippen LogP contribution in [0.2, 0.25) is 0 Å². The van der Waals surface area contributed by atoms with Gasteiger partial charge in [-0.15, -0.1) is 5.10 Å². The SMILES string of the molecule is NCCn1nnnc1SCc1nc(N)nc(N)n1. The number of nitrogen functional groups attached to an aromatic ring is 2. The van der Waals surface area contributed by atoms with Crippen molar-refractivity contribution in [3.63, 3.8) is 0 Å². The largest absolute Gasteiger partial charge is 0.368 e. The van der Waals surface area contributed by atoms with E-state index in [1.807, 2.05) is 0 Å². The molecule has 0 aliphatic carbocycles. The molecule has 6 N–H and O–H groups in total. The van der Waals surface area contributed by atoms with E-state index in [4.69, 9.17) is 17.2 Å². The van der Waals surface area contributed by atoms with Crippen molar-refractivity contribution < 1.29 is 0 Å². The Morgan fingerprint density at radius 2 is 1.83 bits per heavy atom. The van der Waals surface area contributed by atoms with Crippen LogP contribution in [-0.2, 0) is 12.3 Å². The number of tetrazole rings is 1. The molecule has 0 amide bonds. The number of hydrogen-bond donors (Lipinski definition) is 3. The number of nitrogens with zero attached hydrogens (tertiary/aromatic N) is 7. The number of hydrogen-bond acceptors (Lipinski definition) is 10. The second kappa shape index (κ2) is 5.55. The van der Waals surface area contributed by atoms with Gasteiger partial charge in [0.1, 0.15) is 5.82 Å². The number of nitrogens with two attached hydrogens (primary N) is 3. The van der Waals surface area contributed by atoms with Crippen LogP contribution in [0.3, 0.4) is 0 Å². The van der Waals surface area contributed by atoms with Crippen molar-refractivity contribution in [1.29, 1.82) is 0 Å². The minimum Gasteiger partial charge on any atom is -0.368 e. The average molecular weight is 268 g/mol. The highest BCUT2D eigenvalue weighted by Crippen LogP contribution is 2.18. The number of rotatable bonds is 5. The fourth-order valence-electron chi connectivity index (χ4n) is 1.21. The Hall–Kier alpha value is -2.01. The van der Waals surface area contributed by atoms with E-state index in [2.05, 4.69) is 30.5 Å². The summed E-state index contributed by atoms with van der Waals surface area (Å²) in [5.74, 6) is 1.12. The summed E-state index contributed by atoms with van der Waals surface area (Å²) in [5.41, 5.74) is 16.4. The normalized spacial score (nSPS) is 10.7. The predicted molar refractivity (Wildman–Crippen MR) is 65.1 cm³/mol. The molecule has 0 aromatic carbocycles. The molecule has 0 aliphatic heterocycles. The highest BCUT2D eigenvalue weighted by molar-refractivity contribution is 7.98. The second-order valence-corrected chi connectivity index (χ2v) is 4.17. The van der Waals surface area contributed by atoms with Gasteiger partial charge < -0.3 is 17.2 Å². The van der Waals surface area contributed by atoms with Gasteiger partial charge in [0.2, 0.25) is 17.1 Å². The van der Waals surface area contributed by atoms with Gasteiger partial charge in [0, 0.05) is 6.54 Å². The molecule has 0 atom stereocenters. The molecule has 11 heteroatoms. The maximum atomic E-state index is 5.47. The van der Waals surface area contributed by atoms with Gasteiger partial charge >= 0.3 is 0 Å². The van der Waals surface area contributed by atoms with E-state index < -0.39 is 0 Å². The first-order valence-corrected chi connectivity index (χ1v) is 6.02. The van der Waals surface area contributed by atoms with Crippen LogP contribution < -0.4 is 17.2 Å². The molecule has 0 unspecified atom stereocenters. The first-order valence-electron chi connectivity index (χ1n) is 5.04. The van der Waals surface area contributed by atoms with E-state index in [1.165, 1.54) is 11.8 Å². The highest BCUT2D eigenvalue weighted by Gasteiger charge is 2.08. The van der Waals surface area contributed by atoms with Crippen LogP contribution >= 0.6 is 11.8 Å². The maximum Gasteiger partial charge on any atom is 0.225 e. The third-order valence-electron chi connectivity index (χ3n) is 1.89.